The second-order valence-corrected chi connectivity index (χ2v) is 5.22. The van der Waals surface area contributed by atoms with Gasteiger partial charge in [0.2, 0.25) is 0 Å². The van der Waals surface area contributed by atoms with E-state index >= 15 is 0 Å². The molecule has 0 N–H and O–H groups in total. The minimum atomic E-state index is -0.423. The number of nitro benzene ring substituents is 1. The van der Waals surface area contributed by atoms with Gasteiger partial charge in [-0.25, -0.2) is 0 Å². The van der Waals surface area contributed by atoms with Crippen molar-refractivity contribution in [3.05, 3.63) is 32.8 Å². The van der Waals surface area contributed by atoms with Gasteiger partial charge in [-0.15, -0.1) is 6.42 Å². The lowest BCUT2D eigenvalue weighted by Gasteiger charge is -2.36. The molecule has 0 aliphatic carbocycles. The molecule has 0 amide bonds. The molecule has 6 heteroatoms. The average molecular weight is 294 g/mol. The molecule has 1 heterocycles. The summed E-state index contributed by atoms with van der Waals surface area (Å²) in [4.78, 5) is 14.8. The maximum atomic E-state index is 10.8. The molecule has 1 aliphatic heterocycles. The first-order valence-corrected chi connectivity index (χ1v) is 6.76. The Morgan fingerprint density at radius 3 is 2.55 bits per heavy atom. The van der Waals surface area contributed by atoms with Crippen molar-refractivity contribution in [2.45, 2.75) is 6.92 Å². The number of non-ortho nitro benzene ring substituents is 1. The number of benzene rings is 1. The number of hydrogen-bond acceptors (Lipinski definition) is 4. The Labute approximate surface area is 123 Å². The molecule has 0 atom stereocenters. The summed E-state index contributed by atoms with van der Waals surface area (Å²) in [6.45, 7) is 5.89. The van der Waals surface area contributed by atoms with Crippen LogP contribution in [0, 0.1) is 29.4 Å². The first kappa shape index (κ1) is 14.6. The molecule has 106 valence electrons. The highest BCUT2D eigenvalue weighted by molar-refractivity contribution is 6.33. The molecular weight excluding hydrogens is 278 g/mol. The molecule has 20 heavy (non-hydrogen) atoms. The molecule has 0 aromatic heterocycles. The van der Waals surface area contributed by atoms with Crippen LogP contribution in [0.5, 0.6) is 0 Å². The first-order valence-electron chi connectivity index (χ1n) is 6.38. The number of hydrogen-bond donors (Lipinski definition) is 0. The molecule has 1 aromatic carbocycles. The van der Waals surface area contributed by atoms with Crippen molar-refractivity contribution < 1.29 is 4.92 Å². The van der Waals surface area contributed by atoms with Gasteiger partial charge < -0.3 is 4.90 Å². The molecule has 0 saturated carbocycles. The number of nitro groups is 1. The summed E-state index contributed by atoms with van der Waals surface area (Å²) in [5, 5.41) is 11.2. The third-order valence-corrected chi connectivity index (χ3v) is 3.74. The monoisotopic (exact) mass is 293 g/mol. The minimum absolute atomic E-state index is 0.0298. The fourth-order valence-corrected chi connectivity index (χ4v) is 2.86. The normalized spacial score (nSPS) is 15.9. The zero-order valence-electron chi connectivity index (χ0n) is 11.3. The summed E-state index contributed by atoms with van der Waals surface area (Å²) in [5.41, 5.74) is 1.74. The van der Waals surface area contributed by atoms with E-state index in [4.69, 9.17) is 18.0 Å². The van der Waals surface area contributed by atoms with Crippen LogP contribution in [0.4, 0.5) is 11.4 Å². The number of piperazine rings is 1. The molecule has 1 fully saturated rings. The van der Waals surface area contributed by atoms with Gasteiger partial charge >= 0.3 is 0 Å². The maximum absolute atomic E-state index is 10.8. The van der Waals surface area contributed by atoms with Crippen LogP contribution in [0.15, 0.2) is 12.1 Å². The summed E-state index contributed by atoms with van der Waals surface area (Å²) in [6, 6.07) is 2.98. The van der Waals surface area contributed by atoms with E-state index in [0.29, 0.717) is 11.6 Å². The van der Waals surface area contributed by atoms with E-state index in [1.54, 1.807) is 6.07 Å². The van der Waals surface area contributed by atoms with Crippen molar-refractivity contribution in [1.29, 1.82) is 0 Å². The molecule has 0 bridgehead atoms. The van der Waals surface area contributed by atoms with Crippen LogP contribution in [-0.4, -0.2) is 42.5 Å². The van der Waals surface area contributed by atoms with Gasteiger partial charge in [0, 0.05) is 38.3 Å². The molecule has 0 radical (unpaired) electrons. The Bertz CT molecular complexity index is 537. The Kier molecular flexibility index (Phi) is 4.48. The van der Waals surface area contributed by atoms with E-state index in [2.05, 4.69) is 15.7 Å². The Balaban J connectivity index is 2.18. The van der Waals surface area contributed by atoms with Crippen molar-refractivity contribution >= 4 is 23.0 Å². The van der Waals surface area contributed by atoms with E-state index in [0.717, 1.165) is 37.4 Å². The topological polar surface area (TPSA) is 49.6 Å². The van der Waals surface area contributed by atoms with Gasteiger partial charge in [-0.1, -0.05) is 17.5 Å². The Morgan fingerprint density at radius 2 is 2.05 bits per heavy atom. The molecule has 1 aromatic rings. The lowest BCUT2D eigenvalue weighted by molar-refractivity contribution is -0.384. The summed E-state index contributed by atoms with van der Waals surface area (Å²) in [7, 11) is 0. The van der Waals surface area contributed by atoms with Crippen molar-refractivity contribution in [2.75, 3.05) is 37.6 Å². The number of terminal acetylenes is 1. The van der Waals surface area contributed by atoms with Crippen molar-refractivity contribution in [3.8, 4) is 12.3 Å². The van der Waals surface area contributed by atoms with Gasteiger partial charge in [-0.3, -0.25) is 15.0 Å². The van der Waals surface area contributed by atoms with Crippen molar-refractivity contribution in [2.24, 2.45) is 0 Å². The van der Waals surface area contributed by atoms with Gasteiger partial charge in [0.1, 0.15) is 0 Å². The minimum Gasteiger partial charge on any atom is -0.368 e. The number of rotatable bonds is 3. The smallest absolute Gasteiger partial charge is 0.271 e. The molecule has 0 spiro atoms. The third kappa shape index (κ3) is 3.03. The van der Waals surface area contributed by atoms with Crippen LogP contribution in [0.3, 0.4) is 0 Å². The van der Waals surface area contributed by atoms with Gasteiger partial charge in [0.05, 0.1) is 22.2 Å². The summed E-state index contributed by atoms with van der Waals surface area (Å²) < 4.78 is 0. The fraction of sp³-hybridized carbons (Fsp3) is 0.429. The highest BCUT2D eigenvalue weighted by Crippen LogP contribution is 2.34. The third-order valence-electron chi connectivity index (χ3n) is 3.45. The molecule has 0 unspecified atom stereocenters. The highest BCUT2D eigenvalue weighted by atomic mass is 35.5. The van der Waals surface area contributed by atoms with E-state index in [-0.39, 0.29) is 5.69 Å². The Hall–Kier alpha value is -1.77. The van der Waals surface area contributed by atoms with Crippen molar-refractivity contribution in [3.63, 3.8) is 0 Å². The Morgan fingerprint density at radius 1 is 1.40 bits per heavy atom. The van der Waals surface area contributed by atoms with Gasteiger partial charge in [0.15, 0.2) is 0 Å². The largest absolute Gasteiger partial charge is 0.368 e. The predicted molar refractivity (Wildman–Crippen MR) is 80.3 cm³/mol. The molecule has 5 nitrogen and oxygen atoms in total. The summed E-state index contributed by atoms with van der Waals surface area (Å²) in [5.74, 6) is 2.64. The first-order chi connectivity index (χ1) is 9.52. The highest BCUT2D eigenvalue weighted by Gasteiger charge is 2.22. The number of anilines is 1. The standard InChI is InChI=1S/C14H16ClN3O2/c1-3-4-16-5-7-17(8-6-16)14-11(2)9-12(18(19)20)10-13(14)15/h1,9-10H,4-8H2,2H3. The van der Waals surface area contributed by atoms with Gasteiger partial charge in [-0.05, 0) is 12.5 Å². The fourth-order valence-electron chi connectivity index (χ4n) is 2.48. The van der Waals surface area contributed by atoms with Crippen LogP contribution in [0.2, 0.25) is 5.02 Å². The SMILES string of the molecule is C#CCN1CCN(c2c(C)cc([N+](=O)[O-])cc2Cl)CC1. The molecule has 2 rings (SSSR count). The van der Waals surface area contributed by atoms with Crippen LogP contribution in [0.1, 0.15) is 5.56 Å². The molecule has 1 aliphatic rings. The number of aryl methyl sites for hydroxylation is 1. The summed E-state index contributed by atoms with van der Waals surface area (Å²) in [6.07, 6.45) is 5.31. The maximum Gasteiger partial charge on any atom is 0.271 e. The quantitative estimate of drug-likeness (QED) is 0.487. The van der Waals surface area contributed by atoms with Gasteiger partial charge in [0.25, 0.3) is 5.69 Å². The lowest BCUT2D eigenvalue weighted by atomic mass is 10.1. The van der Waals surface area contributed by atoms with Crippen LogP contribution in [0.25, 0.3) is 0 Å². The summed E-state index contributed by atoms with van der Waals surface area (Å²) >= 11 is 6.22. The van der Waals surface area contributed by atoms with E-state index in [1.165, 1.54) is 6.07 Å². The number of nitrogens with zero attached hydrogens (tertiary/aromatic N) is 3. The lowest BCUT2D eigenvalue weighted by Crippen LogP contribution is -2.46. The van der Waals surface area contributed by atoms with E-state index in [1.807, 2.05) is 6.92 Å². The zero-order valence-corrected chi connectivity index (χ0v) is 12.1. The molecule has 1 saturated heterocycles. The van der Waals surface area contributed by atoms with Gasteiger partial charge in [-0.2, -0.15) is 0 Å². The van der Waals surface area contributed by atoms with Crippen LogP contribution in [-0.2, 0) is 0 Å². The zero-order chi connectivity index (χ0) is 14.7. The van der Waals surface area contributed by atoms with E-state index in [9.17, 15) is 10.1 Å². The van der Waals surface area contributed by atoms with E-state index < -0.39 is 4.92 Å². The van der Waals surface area contributed by atoms with Crippen LogP contribution >= 0.6 is 11.6 Å². The molecular formula is C14H16ClN3O2. The van der Waals surface area contributed by atoms with Crippen molar-refractivity contribution in [1.82, 2.24) is 4.90 Å². The second-order valence-electron chi connectivity index (χ2n) is 4.82. The number of halogens is 1. The average Bonchev–Trinajstić information content (AvgIpc) is 2.40. The van der Waals surface area contributed by atoms with Crippen LogP contribution < -0.4 is 4.90 Å². The second kappa shape index (κ2) is 6.12. The predicted octanol–water partition coefficient (Wildman–Crippen LogP) is 2.31.